The molecule has 0 aromatic heterocycles. The van der Waals surface area contributed by atoms with E-state index < -0.39 is 28.5 Å². The molecule has 190 valence electrons. The molecule has 3 aromatic rings. The van der Waals surface area contributed by atoms with E-state index in [1.165, 1.54) is 17.0 Å². The molecule has 0 saturated heterocycles. The minimum atomic E-state index is -4.09. The molecule has 0 aliphatic heterocycles. The first-order chi connectivity index (χ1) is 17.1. The van der Waals surface area contributed by atoms with E-state index in [-0.39, 0.29) is 29.1 Å². The van der Waals surface area contributed by atoms with Crippen molar-refractivity contribution in [2.24, 2.45) is 0 Å². The minimum Gasteiger partial charge on any atom is -0.352 e. The summed E-state index contributed by atoms with van der Waals surface area (Å²) >= 11 is 6.02. The maximum Gasteiger partial charge on any atom is 0.264 e. The van der Waals surface area contributed by atoms with Crippen LogP contribution >= 0.6 is 11.6 Å². The number of halogens is 1. The molecule has 1 N–H and O–H groups in total. The van der Waals surface area contributed by atoms with Crippen LogP contribution in [0.4, 0.5) is 5.69 Å². The number of rotatable bonds is 10. The van der Waals surface area contributed by atoms with Crippen LogP contribution < -0.4 is 9.62 Å². The quantitative estimate of drug-likeness (QED) is 0.421. The Labute approximate surface area is 217 Å². The van der Waals surface area contributed by atoms with E-state index in [9.17, 15) is 18.0 Å². The predicted molar refractivity (Wildman–Crippen MR) is 142 cm³/mol. The Morgan fingerprint density at radius 3 is 1.97 bits per heavy atom. The number of sulfonamides is 1. The van der Waals surface area contributed by atoms with Crippen LogP contribution in [-0.4, -0.2) is 43.8 Å². The van der Waals surface area contributed by atoms with Crippen LogP contribution in [0.25, 0.3) is 0 Å². The van der Waals surface area contributed by atoms with Crippen molar-refractivity contribution in [2.75, 3.05) is 10.8 Å². The van der Waals surface area contributed by atoms with Crippen LogP contribution in [0.1, 0.15) is 26.3 Å². The van der Waals surface area contributed by atoms with Gasteiger partial charge in [0.25, 0.3) is 10.0 Å². The Morgan fingerprint density at radius 2 is 1.42 bits per heavy atom. The summed E-state index contributed by atoms with van der Waals surface area (Å²) < 4.78 is 28.3. The molecule has 0 fully saturated rings. The van der Waals surface area contributed by atoms with Crippen molar-refractivity contribution in [3.8, 4) is 0 Å². The lowest BCUT2D eigenvalue weighted by Gasteiger charge is -2.32. The van der Waals surface area contributed by atoms with E-state index in [1.807, 2.05) is 44.2 Å². The van der Waals surface area contributed by atoms with Gasteiger partial charge in [-0.3, -0.25) is 13.9 Å². The van der Waals surface area contributed by atoms with Crippen LogP contribution in [0.5, 0.6) is 0 Å². The number of hydrogen-bond acceptors (Lipinski definition) is 4. The summed E-state index contributed by atoms with van der Waals surface area (Å²) in [7, 11) is -4.09. The monoisotopic (exact) mass is 527 g/mol. The largest absolute Gasteiger partial charge is 0.352 e. The molecule has 0 aliphatic rings. The number of nitrogens with one attached hydrogen (secondary N) is 1. The summed E-state index contributed by atoms with van der Waals surface area (Å²) in [5.41, 5.74) is 1.11. The maximum absolute atomic E-state index is 13.7. The predicted octanol–water partition coefficient (Wildman–Crippen LogP) is 4.48. The molecule has 9 heteroatoms. The molecule has 0 bridgehead atoms. The number of hydrogen-bond donors (Lipinski definition) is 1. The average molecular weight is 528 g/mol. The second-order valence-corrected chi connectivity index (χ2v) is 10.9. The van der Waals surface area contributed by atoms with Gasteiger partial charge in [-0.25, -0.2) is 8.42 Å². The zero-order chi connectivity index (χ0) is 26.3. The van der Waals surface area contributed by atoms with Crippen LogP contribution in [0.15, 0.2) is 89.8 Å². The van der Waals surface area contributed by atoms with Crippen molar-refractivity contribution in [1.29, 1.82) is 0 Å². The van der Waals surface area contributed by atoms with Gasteiger partial charge >= 0.3 is 0 Å². The highest BCUT2D eigenvalue weighted by molar-refractivity contribution is 7.92. The topological polar surface area (TPSA) is 86.8 Å². The van der Waals surface area contributed by atoms with Gasteiger partial charge in [-0.1, -0.05) is 60.1 Å². The van der Waals surface area contributed by atoms with Gasteiger partial charge < -0.3 is 10.2 Å². The first-order valence-corrected chi connectivity index (χ1v) is 13.4. The number of carbonyl (C=O) groups excluding carboxylic acids is 2. The van der Waals surface area contributed by atoms with Gasteiger partial charge in [-0.15, -0.1) is 0 Å². The molecular formula is C27H30ClN3O4S. The Balaban J connectivity index is 2.00. The molecule has 0 unspecified atom stereocenters. The standard InChI is InChI=1S/C27H30ClN3O4S/c1-20(2)29-27(33)21(3)30(18-22-10-6-4-7-11-22)26(32)19-31(24-16-14-23(28)15-17-24)36(34,35)25-12-8-5-9-13-25/h4-17,20-21H,18-19H2,1-3H3,(H,29,33)/t21-/m0/s1. The molecule has 36 heavy (non-hydrogen) atoms. The Hall–Kier alpha value is -3.36. The summed E-state index contributed by atoms with van der Waals surface area (Å²) in [5, 5.41) is 3.27. The highest BCUT2D eigenvalue weighted by atomic mass is 35.5. The van der Waals surface area contributed by atoms with E-state index in [2.05, 4.69) is 5.32 Å². The third-order valence-corrected chi connectivity index (χ3v) is 7.56. The second kappa shape index (κ2) is 12.1. The third-order valence-electron chi connectivity index (χ3n) is 5.52. The molecule has 0 saturated carbocycles. The third kappa shape index (κ3) is 6.86. The van der Waals surface area contributed by atoms with Crippen molar-refractivity contribution in [1.82, 2.24) is 10.2 Å². The summed E-state index contributed by atoms with van der Waals surface area (Å²) in [5.74, 6) is -0.835. The van der Waals surface area contributed by atoms with Gasteiger partial charge in [0.2, 0.25) is 11.8 Å². The molecular weight excluding hydrogens is 498 g/mol. The molecule has 0 spiro atoms. The van der Waals surface area contributed by atoms with Crippen molar-refractivity contribution in [2.45, 2.75) is 44.3 Å². The van der Waals surface area contributed by atoms with E-state index in [0.717, 1.165) is 9.87 Å². The van der Waals surface area contributed by atoms with Gasteiger partial charge in [0, 0.05) is 17.6 Å². The second-order valence-electron chi connectivity index (χ2n) is 8.65. The number of benzene rings is 3. The van der Waals surface area contributed by atoms with Gasteiger partial charge in [-0.2, -0.15) is 0 Å². The molecule has 1 atom stereocenters. The van der Waals surface area contributed by atoms with E-state index >= 15 is 0 Å². The average Bonchev–Trinajstić information content (AvgIpc) is 2.86. The van der Waals surface area contributed by atoms with Gasteiger partial charge in [0.15, 0.2) is 0 Å². The number of anilines is 1. The number of carbonyl (C=O) groups is 2. The molecule has 0 aliphatic carbocycles. The van der Waals surface area contributed by atoms with E-state index in [1.54, 1.807) is 49.4 Å². The van der Waals surface area contributed by atoms with E-state index in [0.29, 0.717) is 5.02 Å². The van der Waals surface area contributed by atoms with Gasteiger partial charge in [-0.05, 0) is 62.7 Å². The molecule has 3 rings (SSSR count). The Bertz CT molecular complexity index is 1270. The summed E-state index contributed by atoms with van der Waals surface area (Å²) in [6, 6.07) is 22.4. The fourth-order valence-electron chi connectivity index (χ4n) is 3.62. The Morgan fingerprint density at radius 1 is 0.861 bits per heavy atom. The highest BCUT2D eigenvalue weighted by Crippen LogP contribution is 2.26. The maximum atomic E-state index is 13.7. The number of amides is 2. The van der Waals surface area contributed by atoms with Crippen molar-refractivity contribution >= 4 is 39.1 Å². The zero-order valence-electron chi connectivity index (χ0n) is 20.5. The molecule has 2 amide bonds. The minimum absolute atomic E-state index is 0.0490. The van der Waals surface area contributed by atoms with Crippen molar-refractivity contribution < 1.29 is 18.0 Å². The lowest BCUT2D eigenvalue weighted by molar-refractivity contribution is -0.139. The van der Waals surface area contributed by atoms with Crippen LogP contribution in [0.2, 0.25) is 5.02 Å². The summed E-state index contributed by atoms with van der Waals surface area (Å²) in [6.45, 7) is 4.96. The summed E-state index contributed by atoms with van der Waals surface area (Å²) in [4.78, 5) is 28.0. The van der Waals surface area contributed by atoms with Crippen molar-refractivity contribution in [3.05, 3.63) is 95.5 Å². The lowest BCUT2D eigenvalue weighted by Crippen LogP contribution is -2.52. The van der Waals surface area contributed by atoms with Gasteiger partial charge in [0.05, 0.1) is 10.6 Å². The molecule has 7 nitrogen and oxygen atoms in total. The zero-order valence-corrected chi connectivity index (χ0v) is 22.0. The fraction of sp³-hybridized carbons (Fsp3) is 0.259. The van der Waals surface area contributed by atoms with Crippen LogP contribution in [0.3, 0.4) is 0 Å². The van der Waals surface area contributed by atoms with E-state index in [4.69, 9.17) is 11.6 Å². The molecule has 3 aromatic carbocycles. The first-order valence-electron chi connectivity index (χ1n) is 11.6. The SMILES string of the molecule is CC(C)NC(=O)[C@H](C)N(Cc1ccccc1)C(=O)CN(c1ccc(Cl)cc1)S(=O)(=O)c1ccccc1. The lowest BCUT2D eigenvalue weighted by atomic mass is 10.1. The fourth-order valence-corrected chi connectivity index (χ4v) is 5.18. The van der Waals surface area contributed by atoms with Gasteiger partial charge in [0.1, 0.15) is 12.6 Å². The first kappa shape index (κ1) is 27.2. The molecule has 0 radical (unpaired) electrons. The van der Waals surface area contributed by atoms with Crippen LogP contribution in [-0.2, 0) is 26.2 Å². The molecule has 0 heterocycles. The number of nitrogens with zero attached hydrogens (tertiary/aromatic N) is 2. The smallest absolute Gasteiger partial charge is 0.264 e. The van der Waals surface area contributed by atoms with Crippen LogP contribution in [0, 0.1) is 0 Å². The Kier molecular flexibility index (Phi) is 9.12. The highest BCUT2D eigenvalue weighted by Gasteiger charge is 2.32. The van der Waals surface area contributed by atoms with Crippen molar-refractivity contribution in [3.63, 3.8) is 0 Å². The summed E-state index contributed by atoms with van der Waals surface area (Å²) in [6.07, 6.45) is 0. The normalized spacial score (nSPS) is 12.1.